The first-order chi connectivity index (χ1) is 14.3. The van der Waals surface area contributed by atoms with Crippen molar-refractivity contribution in [3.05, 3.63) is 60.7 Å². The van der Waals surface area contributed by atoms with Crippen LogP contribution in [0.15, 0.2) is 60.7 Å². The van der Waals surface area contributed by atoms with Gasteiger partial charge in [-0.2, -0.15) is 0 Å². The van der Waals surface area contributed by atoms with Crippen molar-refractivity contribution in [3.8, 4) is 0 Å². The first-order valence-corrected chi connectivity index (χ1v) is 11.9. The van der Waals surface area contributed by atoms with Crippen molar-refractivity contribution >= 4 is 19.4 Å². The lowest BCUT2D eigenvalue weighted by Crippen LogP contribution is -2.63. The Balaban J connectivity index is 1.82. The highest BCUT2D eigenvalue weighted by atomic mass is 28.3. The predicted molar refractivity (Wildman–Crippen MR) is 118 cm³/mol. The topological polar surface area (TPSA) is 77.4 Å². The van der Waals surface area contributed by atoms with E-state index in [2.05, 4.69) is 0 Å². The van der Waals surface area contributed by atoms with Gasteiger partial charge in [0.1, 0.15) is 24.4 Å². The van der Waals surface area contributed by atoms with E-state index in [-0.39, 0.29) is 12.2 Å². The molecule has 6 nitrogen and oxygen atoms in total. The molecule has 164 valence electrons. The van der Waals surface area contributed by atoms with Gasteiger partial charge in [0.15, 0.2) is 6.29 Å². The fourth-order valence-corrected chi connectivity index (χ4v) is 5.92. The molecule has 1 aliphatic heterocycles. The molecule has 1 heterocycles. The maximum Gasteiger partial charge on any atom is 0.240 e. The third kappa shape index (κ3) is 5.76. The normalized spacial score (nSPS) is 27.4. The standard InChI is InChI=1S/C23H32O6Si/c1-23(2,3)27-15-18-19(24)20(25)21(22(26-4)28-18)29-30(16-11-7-5-8-12-16)17-13-9-6-10-14-17/h5-14,18-22,24-25,30H,15H2,1-4H3/t18-,19-,20+,21-,22-/m1/s1. The summed E-state index contributed by atoms with van der Waals surface area (Å²) in [4.78, 5) is 0. The summed E-state index contributed by atoms with van der Waals surface area (Å²) >= 11 is 0. The van der Waals surface area contributed by atoms with Crippen LogP contribution in [-0.4, -0.2) is 69.3 Å². The number of aliphatic hydroxyl groups excluding tert-OH is 2. The van der Waals surface area contributed by atoms with Gasteiger partial charge in [0.05, 0.1) is 12.2 Å². The zero-order valence-corrected chi connectivity index (χ0v) is 19.1. The van der Waals surface area contributed by atoms with E-state index in [1.54, 1.807) is 0 Å². The SMILES string of the molecule is CO[C@@H]1O[C@H](COC(C)(C)C)[C@@H](O)[C@H](O)[C@H]1O[SiH](c1ccccc1)c1ccccc1. The van der Waals surface area contributed by atoms with Crippen molar-refractivity contribution in [2.24, 2.45) is 0 Å². The molecule has 0 amide bonds. The van der Waals surface area contributed by atoms with E-state index in [0.29, 0.717) is 0 Å². The molecule has 0 aliphatic carbocycles. The molecule has 1 aliphatic rings. The van der Waals surface area contributed by atoms with Crippen LogP contribution < -0.4 is 10.4 Å². The van der Waals surface area contributed by atoms with Crippen LogP contribution in [0.1, 0.15) is 20.8 Å². The zero-order valence-electron chi connectivity index (χ0n) is 18.0. The second-order valence-electron chi connectivity index (χ2n) is 8.49. The number of aliphatic hydroxyl groups is 2. The third-order valence-corrected chi connectivity index (χ3v) is 7.62. The minimum Gasteiger partial charge on any atom is -0.400 e. The van der Waals surface area contributed by atoms with Crippen LogP contribution in [0.4, 0.5) is 0 Å². The molecule has 0 radical (unpaired) electrons. The van der Waals surface area contributed by atoms with Crippen molar-refractivity contribution in [1.29, 1.82) is 0 Å². The summed E-state index contributed by atoms with van der Waals surface area (Å²) in [6.45, 7) is 5.92. The Morgan fingerprint density at radius 1 is 0.900 bits per heavy atom. The summed E-state index contributed by atoms with van der Waals surface area (Å²) in [6, 6.07) is 19.9. The van der Waals surface area contributed by atoms with Crippen molar-refractivity contribution in [2.45, 2.75) is 57.1 Å². The molecular formula is C23H32O6Si. The van der Waals surface area contributed by atoms with Gasteiger partial charge in [0, 0.05) is 7.11 Å². The molecule has 0 spiro atoms. The molecule has 5 atom stereocenters. The first-order valence-electron chi connectivity index (χ1n) is 10.2. The molecule has 2 N–H and O–H groups in total. The van der Waals surface area contributed by atoms with Gasteiger partial charge in [-0.25, -0.2) is 0 Å². The highest BCUT2D eigenvalue weighted by molar-refractivity contribution is 6.80. The van der Waals surface area contributed by atoms with Gasteiger partial charge in [0.2, 0.25) is 9.04 Å². The Labute approximate surface area is 180 Å². The summed E-state index contributed by atoms with van der Waals surface area (Å²) in [5, 5.41) is 23.7. The molecule has 0 unspecified atom stereocenters. The number of hydrogen-bond donors (Lipinski definition) is 2. The Hall–Kier alpha value is -1.58. The minimum absolute atomic E-state index is 0.145. The van der Waals surface area contributed by atoms with E-state index in [4.69, 9.17) is 18.6 Å². The molecule has 0 aromatic heterocycles. The second kappa shape index (κ2) is 10.1. The fourth-order valence-electron chi connectivity index (χ4n) is 3.47. The van der Waals surface area contributed by atoms with Crippen molar-refractivity contribution in [1.82, 2.24) is 0 Å². The lowest BCUT2D eigenvalue weighted by Gasteiger charge is -2.43. The number of benzene rings is 2. The lowest BCUT2D eigenvalue weighted by atomic mass is 9.99. The molecule has 2 aromatic carbocycles. The van der Waals surface area contributed by atoms with Crippen LogP contribution in [0.5, 0.6) is 0 Å². The summed E-state index contributed by atoms with van der Waals surface area (Å²) in [7, 11) is -0.659. The number of methoxy groups -OCH3 is 1. The van der Waals surface area contributed by atoms with Gasteiger partial charge in [-0.15, -0.1) is 0 Å². The van der Waals surface area contributed by atoms with Crippen molar-refractivity contribution in [2.75, 3.05) is 13.7 Å². The second-order valence-corrected chi connectivity index (χ2v) is 10.9. The van der Waals surface area contributed by atoms with E-state index in [1.165, 1.54) is 7.11 Å². The summed E-state index contributed by atoms with van der Waals surface area (Å²) < 4.78 is 23.7. The fraction of sp³-hybridized carbons (Fsp3) is 0.478. The first kappa shape index (κ1) is 23.1. The highest BCUT2D eigenvalue weighted by Gasteiger charge is 2.47. The largest absolute Gasteiger partial charge is 0.400 e. The lowest BCUT2D eigenvalue weighted by molar-refractivity contribution is -0.294. The smallest absolute Gasteiger partial charge is 0.240 e. The summed E-state index contributed by atoms with van der Waals surface area (Å²) in [6.07, 6.45) is -4.67. The number of rotatable bonds is 7. The molecule has 0 saturated carbocycles. The minimum atomic E-state index is -2.17. The molecule has 30 heavy (non-hydrogen) atoms. The van der Waals surface area contributed by atoms with Crippen LogP contribution in [0.2, 0.25) is 0 Å². The van der Waals surface area contributed by atoms with Crippen LogP contribution in [-0.2, 0) is 18.6 Å². The molecule has 1 saturated heterocycles. The van der Waals surface area contributed by atoms with Gasteiger partial charge in [-0.05, 0) is 31.1 Å². The van der Waals surface area contributed by atoms with Gasteiger partial charge in [-0.3, -0.25) is 0 Å². The number of ether oxygens (including phenoxy) is 3. The Morgan fingerprint density at radius 3 is 1.90 bits per heavy atom. The third-order valence-electron chi connectivity index (χ3n) is 5.06. The van der Waals surface area contributed by atoms with Crippen LogP contribution in [0, 0.1) is 0 Å². The molecule has 1 fully saturated rings. The maximum atomic E-state index is 10.9. The molecule has 0 bridgehead atoms. The van der Waals surface area contributed by atoms with E-state index in [0.717, 1.165) is 10.4 Å². The Kier molecular flexibility index (Phi) is 7.81. The van der Waals surface area contributed by atoms with Crippen molar-refractivity contribution in [3.63, 3.8) is 0 Å². The van der Waals surface area contributed by atoms with E-state index < -0.39 is 39.7 Å². The Bertz CT molecular complexity index is 725. The molecule has 7 heteroatoms. The molecular weight excluding hydrogens is 400 g/mol. The molecule has 2 aromatic rings. The summed E-state index contributed by atoms with van der Waals surface area (Å²) in [5.41, 5.74) is -0.386. The average molecular weight is 433 g/mol. The van der Waals surface area contributed by atoms with E-state index in [9.17, 15) is 10.2 Å². The monoisotopic (exact) mass is 432 g/mol. The maximum absolute atomic E-state index is 10.9. The van der Waals surface area contributed by atoms with Gasteiger partial charge < -0.3 is 28.8 Å². The van der Waals surface area contributed by atoms with E-state index >= 15 is 0 Å². The van der Waals surface area contributed by atoms with Crippen molar-refractivity contribution < 1.29 is 28.8 Å². The van der Waals surface area contributed by atoms with Gasteiger partial charge in [0.25, 0.3) is 0 Å². The van der Waals surface area contributed by atoms with Crippen LogP contribution in [0.3, 0.4) is 0 Å². The zero-order chi connectivity index (χ0) is 21.7. The highest BCUT2D eigenvalue weighted by Crippen LogP contribution is 2.26. The predicted octanol–water partition coefficient (Wildman–Crippen LogP) is 0.818. The van der Waals surface area contributed by atoms with Gasteiger partial charge >= 0.3 is 0 Å². The number of hydrogen-bond acceptors (Lipinski definition) is 6. The van der Waals surface area contributed by atoms with Crippen LogP contribution >= 0.6 is 0 Å². The Morgan fingerprint density at radius 2 is 1.43 bits per heavy atom. The summed E-state index contributed by atoms with van der Waals surface area (Å²) in [5.74, 6) is 0. The van der Waals surface area contributed by atoms with Gasteiger partial charge in [-0.1, -0.05) is 60.7 Å². The quantitative estimate of drug-likeness (QED) is 0.631. The average Bonchev–Trinajstić information content (AvgIpc) is 2.74. The van der Waals surface area contributed by atoms with Crippen LogP contribution in [0.25, 0.3) is 0 Å². The van der Waals surface area contributed by atoms with E-state index in [1.807, 2.05) is 81.4 Å². The molecule has 3 rings (SSSR count).